The summed E-state index contributed by atoms with van der Waals surface area (Å²) in [5, 5.41) is 20.2. The number of carbonyl (C=O) groups is 2. The van der Waals surface area contributed by atoms with Gasteiger partial charge in [-0.3, -0.25) is 4.79 Å². The van der Waals surface area contributed by atoms with E-state index in [0.29, 0.717) is 18.6 Å². The monoisotopic (exact) mass is 620 g/mol. The smallest absolute Gasteiger partial charge is 0.348 e. The second-order valence-electron chi connectivity index (χ2n) is 16.2. The molecule has 246 valence electrons. The number of carbonyl (C=O) groups excluding carboxylic acids is 2. The van der Waals surface area contributed by atoms with Crippen LogP contribution in [-0.4, -0.2) is 39.0 Å². The van der Waals surface area contributed by atoms with Crippen LogP contribution >= 0.6 is 0 Å². The van der Waals surface area contributed by atoms with Crippen molar-refractivity contribution in [2.24, 2.45) is 28.6 Å². The van der Waals surface area contributed by atoms with Gasteiger partial charge in [-0.2, -0.15) is 0 Å². The van der Waals surface area contributed by atoms with E-state index in [0.717, 1.165) is 25.7 Å². The number of aromatic hydroxyl groups is 2. The summed E-state index contributed by atoms with van der Waals surface area (Å²) in [7, 11) is 0. The highest BCUT2D eigenvalue weighted by molar-refractivity contribution is 6.25. The average molecular weight is 621 g/mol. The van der Waals surface area contributed by atoms with Crippen molar-refractivity contribution in [3.05, 3.63) is 58.4 Å². The summed E-state index contributed by atoms with van der Waals surface area (Å²) in [5.41, 5.74) is -0.0347. The molecule has 1 saturated carbocycles. The van der Waals surface area contributed by atoms with Crippen molar-refractivity contribution in [1.29, 1.82) is 0 Å². The lowest BCUT2D eigenvalue weighted by Gasteiger charge is -2.70. The molecule has 3 aliphatic heterocycles. The summed E-state index contributed by atoms with van der Waals surface area (Å²) < 4.78 is 20.9. The second kappa shape index (κ2) is 11.0. The molecule has 3 heterocycles. The Morgan fingerprint density at radius 1 is 0.889 bits per heavy atom. The Kier molecular flexibility index (Phi) is 8.17. The van der Waals surface area contributed by atoms with Crippen molar-refractivity contribution in [1.82, 2.24) is 0 Å². The zero-order chi connectivity index (χ0) is 33.3. The Labute approximate surface area is 268 Å². The number of hydrogen-bond donors (Lipinski definition) is 2. The number of esters is 1. The Morgan fingerprint density at radius 2 is 1.49 bits per heavy atom. The summed E-state index contributed by atoms with van der Waals surface area (Å²) in [6.45, 7) is 21.2. The van der Waals surface area contributed by atoms with Crippen LogP contribution in [0.5, 0.6) is 11.5 Å². The first-order chi connectivity index (χ1) is 20.8. The van der Waals surface area contributed by atoms with E-state index in [4.69, 9.17) is 14.2 Å². The SMILES string of the molecule is CC(C)=CC[C@H]1C[C@]23C[C@@H](CC=C(C)C)C(C)(C)[C@H]4CCC(C)(C)O[C@]42OC(=O)C(C(=O)c2ccc(O)c(O)c2)=C3OC1(C)C. The number of benzene rings is 1. The highest BCUT2D eigenvalue weighted by Crippen LogP contribution is 2.72. The molecule has 0 unspecified atom stereocenters. The molecule has 5 atom stereocenters. The van der Waals surface area contributed by atoms with E-state index in [1.807, 2.05) is 13.8 Å². The summed E-state index contributed by atoms with van der Waals surface area (Å²) in [5.74, 6) is -3.00. The minimum Gasteiger partial charge on any atom is -0.504 e. The maximum absolute atomic E-state index is 14.4. The summed E-state index contributed by atoms with van der Waals surface area (Å²) in [6.07, 6.45) is 9.04. The molecule has 2 saturated heterocycles. The number of phenols is 2. The molecule has 4 aliphatic rings. The molecule has 45 heavy (non-hydrogen) atoms. The molecular weight excluding hydrogens is 568 g/mol. The highest BCUT2D eigenvalue weighted by atomic mass is 16.7. The van der Waals surface area contributed by atoms with Gasteiger partial charge in [0.05, 0.1) is 11.0 Å². The molecular formula is C38H52O7. The van der Waals surface area contributed by atoms with Crippen molar-refractivity contribution in [2.45, 2.75) is 125 Å². The third kappa shape index (κ3) is 5.43. The van der Waals surface area contributed by atoms with Crippen molar-refractivity contribution in [2.75, 3.05) is 0 Å². The van der Waals surface area contributed by atoms with Gasteiger partial charge in [-0.05, 0) is 123 Å². The molecule has 1 aromatic rings. The topological polar surface area (TPSA) is 102 Å². The highest BCUT2D eigenvalue weighted by Gasteiger charge is 2.77. The van der Waals surface area contributed by atoms with Gasteiger partial charge in [0.25, 0.3) is 0 Å². The maximum Gasteiger partial charge on any atom is 0.348 e. The molecule has 2 spiro atoms. The van der Waals surface area contributed by atoms with Gasteiger partial charge < -0.3 is 24.4 Å². The standard InChI is InChI=1S/C38H52O7/c1-22(2)11-14-25-20-37-21-26(15-12-23(3)4)36(9,10)43-32(37)30(31(41)24-13-16-27(39)28(40)19-24)33(42)44-38(37)29(35(25,7)8)17-18-34(5,6)45-38/h11-13,16,19,25-26,29,39-40H,14-15,17-18,20-21H2,1-10H3/t25-,26+,29-,37+,38-/m1/s1. The van der Waals surface area contributed by atoms with Crippen molar-refractivity contribution in [3.8, 4) is 11.5 Å². The number of Topliss-reactive ketones (excluding diaryl/α,β-unsaturated/α-hetero) is 1. The van der Waals surface area contributed by atoms with Crippen LogP contribution in [0.3, 0.4) is 0 Å². The normalized spacial score (nSPS) is 32.6. The van der Waals surface area contributed by atoms with Crippen LogP contribution in [0.15, 0.2) is 52.8 Å². The molecule has 5 rings (SSSR count). The van der Waals surface area contributed by atoms with Crippen molar-refractivity contribution < 1.29 is 34.0 Å². The van der Waals surface area contributed by atoms with Crippen LogP contribution in [0.4, 0.5) is 0 Å². The van der Waals surface area contributed by atoms with Crippen molar-refractivity contribution in [3.63, 3.8) is 0 Å². The van der Waals surface area contributed by atoms with Crippen LogP contribution in [0.25, 0.3) is 0 Å². The van der Waals surface area contributed by atoms with Gasteiger partial charge in [0.2, 0.25) is 11.6 Å². The summed E-state index contributed by atoms with van der Waals surface area (Å²) in [4.78, 5) is 28.7. The number of ketones is 1. The fourth-order valence-electron chi connectivity index (χ4n) is 8.57. The first-order valence-electron chi connectivity index (χ1n) is 16.5. The summed E-state index contributed by atoms with van der Waals surface area (Å²) >= 11 is 0. The lowest BCUT2D eigenvalue weighted by Crippen LogP contribution is -2.74. The first kappa shape index (κ1) is 33.3. The first-order valence-corrected chi connectivity index (χ1v) is 16.5. The van der Waals surface area contributed by atoms with Gasteiger partial charge in [0.15, 0.2) is 11.5 Å². The number of phenolic OH excluding ortho intramolecular Hbond substituents is 2. The molecule has 7 nitrogen and oxygen atoms in total. The molecule has 0 amide bonds. The lowest BCUT2D eigenvalue weighted by atomic mass is 9.44. The Morgan fingerprint density at radius 3 is 2.09 bits per heavy atom. The van der Waals surface area contributed by atoms with Gasteiger partial charge in [-0.1, -0.05) is 37.1 Å². The largest absolute Gasteiger partial charge is 0.504 e. The average Bonchev–Trinajstić information content (AvgIpc) is 2.90. The van der Waals surface area contributed by atoms with Crippen LogP contribution in [0.1, 0.15) is 118 Å². The number of rotatable bonds is 6. The Hall–Kier alpha value is -3.06. The van der Waals surface area contributed by atoms with Gasteiger partial charge in [0.1, 0.15) is 16.9 Å². The predicted octanol–water partition coefficient (Wildman–Crippen LogP) is 8.55. The number of hydrogen-bond acceptors (Lipinski definition) is 7. The minimum atomic E-state index is -1.33. The van der Waals surface area contributed by atoms with E-state index >= 15 is 0 Å². The fourth-order valence-corrected chi connectivity index (χ4v) is 8.57. The maximum atomic E-state index is 14.4. The van der Waals surface area contributed by atoms with Gasteiger partial charge in [0, 0.05) is 17.4 Å². The van der Waals surface area contributed by atoms with E-state index in [1.54, 1.807) is 0 Å². The molecule has 0 radical (unpaired) electrons. The fraction of sp³-hybridized carbons (Fsp3) is 0.632. The molecule has 0 bridgehead atoms. The zero-order valence-electron chi connectivity index (χ0n) is 28.8. The van der Waals surface area contributed by atoms with Crippen LogP contribution in [0.2, 0.25) is 0 Å². The molecule has 1 aliphatic carbocycles. The van der Waals surface area contributed by atoms with E-state index in [9.17, 15) is 19.8 Å². The second-order valence-corrected chi connectivity index (χ2v) is 16.2. The van der Waals surface area contributed by atoms with E-state index in [1.165, 1.54) is 29.3 Å². The van der Waals surface area contributed by atoms with Gasteiger partial charge in [-0.15, -0.1) is 0 Å². The zero-order valence-corrected chi connectivity index (χ0v) is 28.8. The molecule has 7 heteroatoms. The number of allylic oxidation sites excluding steroid dienone is 4. The quantitative estimate of drug-likeness (QED) is 0.108. The van der Waals surface area contributed by atoms with Crippen LogP contribution in [0, 0.1) is 28.6 Å². The van der Waals surface area contributed by atoms with Gasteiger partial charge in [-0.25, -0.2) is 4.79 Å². The lowest BCUT2D eigenvalue weighted by molar-refractivity contribution is -0.407. The molecule has 2 N–H and O–H groups in total. The Balaban J connectivity index is 1.82. The minimum absolute atomic E-state index is 0.0542. The molecule has 0 aromatic heterocycles. The van der Waals surface area contributed by atoms with Crippen LogP contribution < -0.4 is 0 Å². The predicted molar refractivity (Wildman–Crippen MR) is 174 cm³/mol. The van der Waals surface area contributed by atoms with E-state index in [-0.39, 0.29) is 40.1 Å². The molecule has 3 fully saturated rings. The summed E-state index contributed by atoms with van der Waals surface area (Å²) in [6, 6.07) is 3.85. The third-order valence-corrected chi connectivity index (χ3v) is 11.3. The van der Waals surface area contributed by atoms with Gasteiger partial charge >= 0.3 is 5.97 Å². The Bertz CT molecular complexity index is 1480. The van der Waals surface area contributed by atoms with Crippen molar-refractivity contribution >= 4 is 11.8 Å². The van der Waals surface area contributed by atoms with E-state index < -0.39 is 39.9 Å². The van der Waals surface area contributed by atoms with Crippen LogP contribution in [-0.2, 0) is 19.0 Å². The van der Waals surface area contributed by atoms with E-state index in [2.05, 4.69) is 67.5 Å². The third-order valence-electron chi connectivity index (χ3n) is 11.3. The molecule has 1 aromatic carbocycles. The number of ether oxygens (including phenoxy) is 3.